The van der Waals surface area contributed by atoms with Gasteiger partial charge in [0.2, 0.25) is 0 Å². The van der Waals surface area contributed by atoms with E-state index in [-0.39, 0.29) is 12.6 Å². The summed E-state index contributed by atoms with van der Waals surface area (Å²) in [6.45, 7) is 2.58. The molecule has 1 heterocycles. The zero-order valence-electron chi connectivity index (χ0n) is 11.9. The van der Waals surface area contributed by atoms with Crippen molar-refractivity contribution in [2.75, 3.05) is 19.5 Å². The molecule has 0 saturated carbocycles. The highest BCUT2D eigenvalue weighted by molar-refractivity contribution is 7.85. The smallest absolute Gasteiger partial charge is 0.338 e. The Morgan fingerprint density at radius 2 is 2.05 bits per heavy atom. The van der Waals surface area contributed by atoms with E-state index in [1.807, 2.05) is 22.9 Å². The third kappa shape index (κ3) is 4.05. The van der Waals surface area contributed by atoms with Crippen LogP contribution in [0.4, 0.5) is 0 Å². The lowest BCUT2D eigenvalue weighted by Gasteiger charge is -2.06. The fraction of sp³-hybridized carbons (Fsp3) is 0.357. The van der Waals surface area contributed by atoms with Crippen LogP contribution in [-0.2, 0) is 25.6 Å². The van der Waals surface area contributed by atoms with E-state index < -0.39 is 10.1 Å². The number of hydrogen-bond acceptors (Lipinski definition) is 5. The molecule has 0 unspecified atom stereocenters. The molecule has 0 bridgehead atoms. The van der Waals surface area contributed by atoms with Crippen molar-refractivity contribution in [3.63, 3.8) is 0 Å². The lowest BCUT2D eigenvalue weighted by Crippen LogP contribution is -2.09. The molecule has 114 valence electrons. The summed E-state index contributed by atoms with van der Waals surface area (Å²) in [7, 11) is -3.43. The molecule has 2 rings (SSSR count). The highest BCUT2D eigenvalue weighted by atomic mass is 32.2. The van der Waals surface area contributed by atoms with Gasteiger partial charge in [-0.25, -0.2) is 4.79 Å². The highest BCUT2D eigenvalue weighted by Gasteiger charge is 2.09. The van der Waals surface area contributed by atoms with E-state index in [0.29, 0.717) is 18.7 Å². The molecule has 0 N–H and O–H groups in total. The minimum absolute atomic E-state index is 0.0717. The van der Waals surface area contributed by atoms with E-state index in [1.165, 1.54) is 0 Å². The van der Waals surface area contributed by atoms with Crippen LogP contribution in [0, 0.1) is 0 Å². The van der Waals surface area contributed by atoms with Crippen LogP contribution in [0.1, 0.15) is 17.3 Å². The molecule has 0 radical (unpaired) electrons. The molecule has 0 spiro atoms. The second kappa shape index (κ2) is 6.28. The van der Waals surface area contributed by atoms with E-state index in [9.17, 15) is 13.2 Å². The Balaban J connectivity index is 2.15. The van der Waals surface area contributed by atoms with E-state index in [2.05, 4.69) is 0 Å². The number of carbonyl (C=O) groups excluding carboxylic acids is 1. The first-order valence-electron chi connectivity index (χ1n) is 6.51. The number of ether oxygens (including phenoxy) is 1. The molecule has 0 aliphatic heterocycles. The summed E-state index contributed by atoms with van der Waals surface area (Å²) < 4.78 is 33.4. The number of fused-ring (bicyclic) bond motifs is 1. The van der Waals surface area contributed by atoms with Gasteiger partial charge >= 0.3 is 5.97 Å². The summed E-state index contributed by atoms with van der Waals surface area (Å²) in [5, 5.41) is 0.889. The maximum Gasteiger partial charge on any atom is 0.338 e. The van der Waals surface area contributed by atoms with Crippen LogP contribution < -0.4 is 0 Å². The molecule has 0 amide bonds. The van der Waals surface area contributed by atoms with Crippen molar-refractivity contribution in [2.24, 2.45) is 0 Å². The first kappa shape index (κ1) is 15.5. The van der Waals surface area contributed by atoms with Gasteiger partial charge in [0, 0.05) is 23.6 Å². The minimum atomic E-state index is -3.43. The molecule has 0 atom stereocenters. The van der Waals surface area contributed by atoms with Gasteiger partial charge in [0.05, 0.1) is 25.0 Å². The summed E-state index contributed by atoms with van der Waals surface area (Å²) in [6.07, 6.45) is 2.84. The average Bonchev–Trinajstić information content (AvgIpc) is 2.80. The van der Waals surface area contributed by atoms with Crippen LogP contribution in [0.15, 0.2) is 30.5 Å². The van der Waals surface area contributed by atoms with Gasteiger partial charge in [0.15, 0.2) is 0 Å². The summed E-state index contributed by atoms with van der Waals surface area (Å²) >= 11 is 0. The highest BCUT2D eigenvalue weighted by Crippen LogP contribution is 2.18. The Kier molecular flexibility index (Phi) is 4.64. The van der Waals surface area contributed by atoms with Crippen molar-refractivity contribution in [2.45, 2.75) is 13.5 Å². The first-order chi connectivity index (χ1) is 9.90. The Hall–Kier alpha value is -1.86. The number of aromatic nitrogens is 1. The SMILES string of the molecule is CCOC(=O)c1ccc2c(ccn2CCOS(C)(=O)=O)c1. The van der Waals surface area contributed by atoms with Crippen molar-refractivity contribution in [1.29, 1.82) is 0 Å². The number of hydrogen-bond donors (Lipinski definition) is 0. The van der Waals surface area contributed by atoms with Crippen molar-refractivity contribution < 1.29 is 22.1 Å². The fourth-order valence-corrected chi connectivity index (χ4v) is 2.40. The lowest BCUT2D eigenvalue weighted by molar-refractivity contribution is 0.0526. The summed E-state index contributed by atoms with van der Waals surface area (Å²) in [5.41, 5.74) is 1.40. The van der Waals surface area contributed by atoms with Crippen LogP contribution in [-0.4, -0.2) is 38.4 Å². The van der Waals surface area contributed by atoms with Gasteiger partial charge in [-0.15, -0.1) is 0 Å². The Morgan fingerprint density at radius 3 is 2.71 bits per heavy atom. The van der Waals surface area contributed by atoms with Crippen molar-refractivity contribution in [3.05, 3.63) is 36.0 Å². The van der Waals surface area contributed by atoms with Crippen LogP contribution in [0.3, 0.4) is 0 Å². The second-order valence-electron chi connectivity index (χ2n) is 4.53. The fourth-order valence-electron chi connectivity index (χ4n) is 2.02. The van der Waals surface area contributed by atoms with Gasteiger partial charge in [-0.3, -0.25) is 4.18 Å². The maximum atomic E-state index is 11.7. The monoisotopic (exact) mass is 311 g/mol. The molecule has 0 aliphatic carbocycles. The topological polar surface area (TPSA) is 74.6 Å². The number of rotatable bonds is 6. The van der Waals surface area contributed by atoms with Gasteiger partial charge in [-0.1, -0.05) is 0 Å². The second-order valence-corrected chi connectivity index (χ2v) is 6.17. The minimum Gasteiger partial charge on any atom is -0.462 e. The quantitative estimate of drug-likeness (QED) is 0.600. The molecule has 21 heavy (non-hydrogen) atoms. The number of esters is 1. The van der Waals surface area contributed by atoms with E-state index in [4.69, 9.17) is 8.92 Å². The Bertz CT molecular complexity index is 748. The predicted octanol–water partition coefficient (Wildman–Crippen LogP) is 1.79. The largest absolute Gasteiger partial charge is 0.462 e. The van der Waals surface area contributed by atoms with E-state index in [0.717, 1.165) is 17.2 Å². The van der Waals surface area contributed by atoms with Gasteiger partial charge in [-0.2, -0.15) is 8.42 Å². The van der Waals surface area contributed by atoms with Gasteiger partial charge in [-0.05, 0) is 31.2 Å². The molecule has 0 fully saturated rings. The third-order valence-corrected chi connectivity index (χ3v) is 3.51. The molecule has 0 aliphatic rings. The summed E-state index contributed by atoms with van der Waals surface area (Å²) in [6, 6.07) is 7.11. The van der Waals surface area contributed by atoms with Crippen molar-refractivity contribution >= 4 is 27.0 Å². The van der Waals surface area contributed by atoms with Crippen LogP contribution in [0.2, 0.25) is 0 Å². The maximum absolute atomic E-state index is 11.7. The third-order valence-electron chi connectivity index (χ3n) is 2.91. The van der Waals surface area contributed by atoms with Gasteiger partial charge < -0.3 is 9.30 Å². The van der Waals surface area contributed by atoms with Gasteiger partial charge in [0.25, 0.3) is 10.1 Å². The van der Waals surface area contributed by atoms with Gasteiger partial charge in [0.1, 0.15) is 0 Å². The zero-order chi connectivity index (χ0) is 15.5. The summed E-state index contributed by atoms with van der Waals surface area (Å²) in [5.74, 6) is -0.354. The molecular weight excluding hydrogens is 294 g/mol. The first-order valence-corrected chi connectivity index (χ1v) is 8.33. The molecule has 0 saturated heterocycles. The Morgan fingerprint density at radius 1 is 1.29 bits per heavy atom. The number of nitrogens with zero attached hydrogens (tertiary/aromatic N) is 1. The van der Waals surface area contributed by atoms with Crippen molar-refractivity contribution in [1.82, 2.24) is 4.57 Å². The molecular formula is C14H17NO5S. The van der Waals surface area contributed by atoms with Crippen LogP contribution in [0.5, 0.6) is 0 Å². The standard InChI is InChI=1S/C14H17NO5S/c1-3-19-14(16)12-4-5-13-11(10-12)6-7-15(13)8-9-20-21(2,17)18/h4-7,10H,3,8-9H2,1-2H3. The summed E-state index contributed by atoms with van der Waals surface area (Å²) in [4.78, 5) is 11.7. The van der Waals surface area contributed by atoms with E-state index >= 15 is 0 Å². The predicted molar refractivity (Wildman–Crippen MR) is 78.7 cm³/mol. The number of benzene rings is 1. The number of carbonyl (C=O) groups is 1. The van der Waals surface area contributed by atoms with Crippen molar-refractivity contribution in [3.8, 4) is 0 Å². The normalized spacial score (nSPS) is 11.7. The van der Waals surface area contributed by atoms with Crippen LogP contribution in [0.25, 0.3) is 10.9 Å². The lowest BCUT2D eigenvalue weighted by atomic mass is 10.1. The molecule has 1 aromatic heterocycles. The van der Waals surface area contributed by atoms with E-state index in [1.54, 1.807) is 19.1 Å². The molecule has 7 heteroatoms. The Labute approximate surface area is 123 Å². The zero-order valence-corrected chi connectivity index (χ0v) is 12.7. The molecule has 6 nitrogen and oxygen atoms in total. The molecule has 1 aromatic carbocycles. The molecule has 2 aromatic rings. The van der Waals surface area contributed by atoms with Crippen LogP contribution >= 0.6 is 0 Å². The average molecular weight is 311 g/mol.